The number of ether oxygens (including phenoxy) is 1. The van der Waals surface area contributed by atoms with Gasteiger partial charge in [-0.05, 0) is 6.26 Å². The van der Waals surface area contributed by atoms with E-state index in [1.54, 1.807) is 0 Å². The predicted molar refractivity (Wildman–Crippen MR) is 90.5 cm³/mol. The van der Waals surface area contributed by atoms with E-state index in [2.05, 4.69) is 19.5 Å². The summed E-state index contributed by atoms with van der Waals surface area (Å²) >= 11 is 1.37. The fourth-order valence-electron chi connectivity index (χ4n) is 2.67. The van der Waals surface area contributed by atoms with Crippen molar-refractivity contribution >= 4 is 38.6 Å². The van der Waals surface area contributed by atoms with Gasteiger partial charge in [0.2, 0.25) is 0 Å². The molecule has 0 radical (unpaired) electrons. The van der Waals surface area contributed by atoms with Gasteiger partial charge in [0, 0.05) is 6.42 Å². The highest BCUT2D eigenvalue weighted by atomic mass is 32.2. The van der Waals surface area contributed by atoms with Gasteiger partial charge in [0.1, 0.15) is 35.3 Å². The minimum absolute atomic E-state index is 0.0235. The third-order valence-corrected chi connectivity index (χ3v) is 5.41. The molecule has 1 saturated heterocycles. The molecule has 16 heteroatoms. The molecule has 3 atom stereocenters. The van der Waals surface area contributed by atoms with E-state index in [1.807, 2.05) is 6.26 Å². The molecule has 0 saturated carbocycles. The summed E-state index contributed by atoms with van der Waals surface area (Å²) in [6.45, 7) is -0.622. The normalized spacial score (nSPS) is 24.0. The Morgan fingerprint density at radius 2 is 2.00 bits per heavy atom. The number of nitrogens with zero attached hydrogens (tertiary/aromatic N) is 4. The zero-order valence-electron chi connectivity index (χ0n) is 13.7. The van der Waals surface area contributed by atoms with Crippen molar-refractivity contribution in [1.29, 1.82) is 0 Å². The van der Waals surface area contributed by atoms with E-state index in [9.17, 15) is 9.13 Å². The molecular weight excluding hydrogens is 426 g/mol. The highest BCUT2D eigenvalue weighted by Crippen LogP contribution is 2.45. The van der Waals surface area contributed by atoms with E-state index in [0.717, 1.165) is 0 Å². The maximum atomic E-state index is 11.2. The molecule has 2 aromatic heterocycles. The van der Waals surface area contributed by atoms with Gasteiger partial charge in [0.25, 0.3) is 0 Å². The molecule has 3 heterocycles. The molecule has 13 nitrogen and oxygen atoms in total. The van der Waals surface area contributed by atoms with Crippen LogP contribution in [-0.4, -0.2) is 64.2 Å². The summed E-state index contributed by atoms with van der Waals surface area (Å²) in [6.07, 6.45) is 1.50. The molecule has 4 N–H and O–H groups in total. The van der Waals surface area contributed by atoms with Gasteiger partial charge in [-0.15, -0.1) is 11.8 Å². The van der Waals surface area contributed by atoms with Crippen molar-refractivity contribution in [2.45, 2.75) is 29.9 Å². The van der Waals surface area contributed by atoms with Crippen molar-refractivity contribution in [2.75, 3.05) is 12.9 Å². The molecule has 1 aliphatic rings. The molecule has 27 heavy (non-hydrogen) atoms. The quantitative estimate of drug-likeness (QED) is 0.263. The van der Waals surface area contributed by atoms with Crippen LogP contribution in [0.5, 0.6) is 0 Å². The second kappa shape index (κ2) is 7.84. The van der Waals surface area contributed by atoms with Gasteiger partial charge in [0.15, 0.2) is 5.65 Å². The van der Waals surface area contributed by atoms with Gasteiger partial charge in [0.05, 0.1) is 12.9 Å². The van der Waals surface area contributed by atoms with Crippen LogP contribution in [0.1, 0.15) is 12.6 Å². The summed E-state index contributed by atoms with van der Waals surface area (Å²) in [7, 11) is -9.66. The molecule has 150 valence electrons. The monoisotopic (exact) mass is 442 g/mol. The molecule has 1 aliphatic heterocycles. The topological polar surface area (TPSA) is 186 Å². The fourth-order valence-corrected chi connectivity index (χ4v) is 4.08. The Hall–Kier alpha value is -0.920. The maximum absolute atomic E-state index is 11.2. The summed E-state index contributed by atoms with van der Waals surface area (Å²) in [5.74, 6) is 0. The second-order valence-corrected chi connectivity index (χ2v) is 8.72. The summed E-state index contributed by atoms with van der Waals surface area (Å²) in [5, 5.41) is 0.640. The number of thioether (sulfide) groups is 1. The Labute approximate surface area is 156 Å². The maximum Gasteiger partial charge on any atom is 0.469 e. The smallest absolute Gasteiger partial charge is 0.349 e. The minimum atomic E-state index is -4.86. The van der Waals surface area contributed by atoms with Crippen LogP contribution in [0.2, 0.25) is 0 Å². The molecule has 0 bridgehead atoms. The first-order valence-electron chi connectivity index (χ1n) is 7.38. The zero-order chi connectivity index (χ0) is 19.8. The molecule has 3 unspecified atom stereocenters. The molecule has 1 fully saturated rings. The first kappa shape index (κ1) is 20.8. The van der Waals surface area contributed by atoms with Crippen LogP contribution in [0.25, 0.3) is 11.2 Å². The highest BCUT2D eigenvalue weighted by molar-refractivity contribution is 7.98. The third kappa shape index (κ3) is 5.12. The number of phosphoric acid groups is 2. The number of hydrogen-bond donors (Lipinski definition) is 4. The minimum Gasteiger partial charge on any atom is -0.349 e. The lowest BCUT2D eigenvalue weighted by atomic mass is 10.2. The van der Waals surface area contributed by atoms with Crippen molar-refractivity contribution < 1.29 is 42.5 Å². The SMILES string of the molecule is CSc1ncnc2c1ncn2C1CC(OP(=O)(O)O)C(COP(=O)(O)O)O1. The first-order chi connectivity index (χ1) is 12.6. The van der Waals surface area contributed by atoms with Crippen molar-refractivity contribution in [3.63, 3.8) is 0 Å². The van der Waals surface area contributed by atoms with E-state index in [4.69, 9.17) is 28.8 Å². The van der Waals surface area contributed by atoms with E-state index < -0.39 is 40.7 Å². The lowest BCUT2D eigenvalue weighted by Gasteiger charge is -2.19. The number of hydrogen-bond acceptors (Lipinski definition) is 9. The van der Waals surface area contributed by atoms with Crippen LogP contribution < -0.4 is 0 Å². The summed E-state index contributed by atoms with van der Waals surface area (Å²) in [6, 6.07) is 0. The number of imidazole rings is 1. The van der Waals surface area contributed by atoms with E-state index in [1.165, 1.54) is 29.0 Å². The summed E-state index contributed by atoms with van der Waals surface area (Å²) in [5.41, 5.74) is 0.960. The molecule has 0 spiro atoms. The summed E-state index contributed by atoms with van der Waals surface area (Å²) < 4.78 is 38.4. The van der Waals surface area contributed by atoms with E-state index in [0.29, 0.717) is 16.2 Å². The Kier molecular flexibility index (Phi) is 6.04. The van der Waals surface area contributed by atoms with Crippen LogP contribution in [0.4, 0.5) is 0 Å². The average Bonchev–Trinajstić information content (AvgIpc) is 3.14. The van der Waals surface area contributed by atoms with Gasteiger partial charge in [-0.3, -0.25) is 13.6 Å². The zero-order valence-corrected chi connectivity index (χ0v) is 16.3. The van der Waals surface area contributed by atoms with Gasteiger partial charge in [-0.1, -0.05) is 0 Å². The lowest BCUT2D eigenvalue weighted by molar-refractivity contribution is -0.0417. The highest BCUT2D eigenvalue weighted by Gasteiger charge is 2.42. The number of fused-ring (bicyclic) bond motifs is 1. The second-order valence-electron chi connectivity index (χ2n) is 5.49. The van der Waals surface area contributed by atoms with Crippen molar-refractivity contribution in [1.82, 2.24) is 19.5 Å². The molecular formula is C11H16N4O9P2S. The van der Waals surface area contributed by atoms with Gasteiger partial charge < -0.3 is 24.3 Å². The van der Waals surface area contributed by atoms with Crippen molar-refractivity contribution in [2.24, 2.45) is 0 Å². The molecule has 0 aliphatic carbocycles. The first-order valence-corrected chi connectivity index (χ1v) is 11.7. The average molecular weight is 442 g/mol. The standard InChI is InChI=1S/C11H16N4O9P2S/c1-27-11-9-10(12-4-13-11)15(5-14-9)8-2-6(24-26(19,20)21)7(23-8)3-22-25(16,17)18/h4-8H,2-3H2,1H3,(H2,16,17,18)(H2,19,20,21). The van der Waals surface area contributed by atoms with Crippen LogP contribution in [0, 0.1) is 0 Å². The Morgan fingerprint density at radius 1 is 1.26 bits per heavy atom. The van der Waals surface area contributed by atoms with Gasteiger partial charge in [-0.25, -0.2) is 24.1 Å². The van der Waals surface area contributed by atoms with Gasteiger partial charge >= 0.3 is 15.6 Å². The fraction of sp³-hybridized carbons (Fsp3) is 0.545. The number of rotatable bonds is 7. The molecule has 2 aromatic rings. The van der Waals surface area contributed by atoms with E-state index >= 15 is 0 Å². The number of aromatic nitrogens is 4. The van der Waals surface area contributed by atoms with Crippen LogP contribution in [0.15, 0.2) is 17.7 Å². The Morgan fingerprint density at radius 3 is 2.63 bits per heavy atom. The van der Waals surface area contributed by atoms with E-state index in [-0.39, 0.29) is 6.42 Å². The molecule has 0 aromatic carbocycles. The van der Waals surface area contributed by atoms with Crippen LogP contribution in [0.3, 0.4) is 0 Å². The van der Waals surface area contributed by atoms with Crippen molar-refractivity contribution in [3.8, 4) is 0 Å². The molecule has 0 amide bonds. The summed E-state index contributed by atoms with van der Waals surface area (Å²) in [4.78, 5) is 48.3. The Bertz CT molecular complexity index is 914. The predicted octanol–water partition coefficient (Wildman–Crippen LogP) is 0.423. The van der Waals surface area contributed by atoms with Crippen LogP contribution in [-0.2, 0) is 22.9 Å². The number of phosphoric ester groups is 2. The largest absolute Gasteiger partial charge is 0.469 e. The Balaban J connectivity index is 1.86. The molecule has 3 rings (SSSR count). The van der Waals surface area contributed by atoms with Gasteiger partial charge in [-0.2, -0.15) is 0 Å². The van der Waals surface area contributed by atoms with Crippen molar-refractivity contribution in [3.05, 3.63) is 12.7 Å². The third-order valence-electron chi connectivity index (χ3n) is 3.69. The van der Waals surface area contributed by atoms with Crippen LogP contribution >= 0.6 is 27.4 Å². The lowest BCUT2D eigenvalue weighted by Crippen LogP contribution is -2.28.